The van der Waals surface area contributed by atoms with Crippen molar-refractivity contribution in [1.29, 1.82) is 0 Å². The maximum atomic E-state index is 11.5. The lowest BCUT2D eigenvalue weighted by Gasteiger charge is -2.29. The Morgan fingerprint density at radius 1 is 1.35 bits per heavy atom. The molecule has 2 N–H and O–H groups in total. The maximum Gasteiger partial charge on any atom is 0.229 e. The number of hydrogen-bond donors (Lipinski definition) is 2. The molecule has 0 aliphatic carbocycles. The Labute approximate surface area is 136 Å². The topological polar surface area (TPSA) is 65.2 Å². The molecular formula is C17H21N3O2S. The predicted octanol–water partition coefficient (Wildman–Crippen LogP) is 2.79. The molecule has 0 radical (unpaired) electrons. The summed E-state index contributed by atoms with van der Waals surface area (Å²) in [5, 5.41) is 1.08. The van der Waals surface area contributed by atoms with E-state index in [9.17, 15) is 8.42 Å². The molecular weight excluding hydrogens is 310 g/mol. The molecule has 3 heterocycles. The van der Waals surface area contributed by atoms with Crippen LogP contribution in [0, 0.1) is 0 Å². The number of nitrogens with one attached hydrogen (secondary N) is 2. The van der Waals surface area contributed by atoms with E-state index in [0.717, 1.165) is 23.9 Å². The number of fused-ring (bicyclic) bond motifs is 2. The summed E-state index contributed by atoms with van der Waals surface area (Å²) < 4.78 is 25.5. The Bertz CT molecular complexity index is 882. The van der Waals surface area contributed by atoms with E-state index in [1.54, 1.807) is 6.07 Å². The molecule has 6 heteroatoms. The molecule has 0 spiro atoms. The Morgan fingerprint density at radius 2 is 2.22 bits per heavy atom. The third-order valence-electron chi connectivity index (χ3n) is 4.86. The number of sulfonamides is 1. The first-order valence-electron chi connectivity index (χ1n) is 8.02. The van der Waals surface area contributed by atoms with Gasteiger partial charge in [0.15, 0.2) is 0 Å². The van der Waals surface area contributed by atoms with Crippen molar-refractivity contribution in [2.24, 2.45) is 0 Å². The molecule has 1 fully saturated rings. The fourth-order valence-electron chi connectivity index (χ4n) is 3.82. The minimum Gasteiger partial charge on any atom is -0.361 e. The van der Waals surface area contributed by atoms with Gasteiger partial charge < -0.3 is 4.98 Å². The summed E-state index contributed by atoms with van der Waals surface area (Å²) in [6.45, 7) is 2.23. The van der Waals surface area contributed by atoms with Crippen LogP contribution in [0.2, 0.25) is 0 Å². The van der Waals surface area contributed by atoms with E-state index in [-0.39, 0.29) is 0 Å². The second-order valence-corrected chi connectivity index (χ2v) is 8.31. The Kier molecular flexibility index (Phi) is 3.46. The molecule has 1 aromatic carbocycles. The lowest BCUT2D eigenvalue weighted by Crippen LogP contribution is -2.32. The van der Waals surface area contributed by atoms with Crippen molar-refractivity contribution < 1.29 is 8.42 Å². The highest BCUT2D eigenvalue weighted by Crippen LogP contribution is 2.35. The molecule has 2 aromatic rings. The highest BCUT2D eigenvalue weighted by Gasteiger charge is 2.28. The normalized spacial score (nSPS) is 22.1. The monoisotopic (exact) mass is 331 g/mol. The fourth-order valence-corrected chi connectivity index (χ4v) is 4.37. The van der Waals surface area contributed by atoms with E-state index in [2.05, 4.69) is 20.7 Å². The van der Waals surface area contributed by atoms with E-state index in [1.807, 2.05) is 18.3 Å². The Hall–Kier alpha value is -1.79. The summed E-state index contributed by atoms with van der Waals surface area (Å²) in [6, 6.07) is 6.30. The molecule has 23 heavy (non-hydrogen) atoms. The second kappa shape index (κ2) is 5.39. The van der Waals surface area contributed by atoms with Crippen LogP contribution >= 0.6 is 0 Å². The minimum absolute atomic E-state index is 0.611. The average molecular weight is 331 g/mol. The summed E-state index contributed by atoms with van der Waals surface area (Å²) in [4.78, 5) is 5.85. The first kappa shape index (κ1) is 14.8. The van der Waals surface area contributed by atoms with Gasteiger partial charge in [-0.2, -0.15) is 0 Å². The van der Waals surface area contributed by atoms with Crippen LogP contribution < -0.4 is 4.72 Å². The molecule has 2 aliphatic rings. The number of H-pyrrole nitrogens is 1. The van der Waals surface area contributed by atoms with Crippen molar-refractivity contribution in [2.75, 3.05) is 24.1 Å². The van der Waals surface area contributed by atoms with Gasteiger partial charge in [-0.15, -0.1) is 0 Å². The number of aromatic nitrogens is 1. The highest BCUT2D eigenvalue weighted by molar-refractivity contribution is 7.92. The molecule has 122 valence electrons. The number of hydrogen-bond acceptors (Lipinski definition) is 3. The number of nitrogens with zero attached hydrogens (tertiary/aromatic N) is 1. The zero-order valence-corrected chi connectivity index (χ0v) is 14.0. The molecule has 1 unspecified atom stereocenters. The van der Waals surface area contributed by atoms with Crippen LogP contribution in [0.3, 0.4) is 0 Å². The summed E-state index contributed by atoms with van der Waals surface area (Å²) in [7, 11) is -3.26. The number of anilines is 1. The first-order chi connectivity index (χ1) is 11.0. The quantitative estimate of drug-likeness (QED) is 0.909. The van der Waals surface area contributed by atoms with Gasteiger partial charge in [-0.1, -0.05) is 6.08 Å². The van der Waals surface area contributed by atoms with Gasteiger partial charge in [0.05, 0.1) is 6.26 Å². The van der Waals surface area contributed by atoms with Crippen LogP contribution in [-0.4, -0.2) is 43.7 Å². The predicted molar refractivity (Wildman–Crippen MR) is 94.0 cm³/mol. The van der Waals surface area contributed by atoms with Gasteiger partial charge in [0, 0.05) is 40.9 Å². The van der Waals surface area contributed by atoms with Crippen molar-refractivity contribution in [3.8, 4) is 0 Å². The molecule has 5 nitrogen and oxygen atoms in total. The summed E-state index contributed by atoms with van der Waals surface area (Å²) >= 11 is 0. The smallest absolute Gasteiger partial charge is 0.229 e. The van der Waals surface area contributed by atoms with Crippen molar-refractivity contribution >= 4 is 32.2 Å². The Morgan fingerprint density at radius 3 is 3.04 bits per heavy atom. The highest BCUT2D eigenvalue weighted by atomic mass is 32.2. The lowest BCUT2D eigenvalue weighted by molar-refractivity contribution is 0.275. The van der Waals surface area contributed by atoms with Crippen LogP contribution in [-0.2, 0) is 10.0 Å². The van der Waals surface area contributed by atoms with E-state index in [4.69, 9.17) is 0 Å². The molecule has 1 saturated heterocycles. The van der Waals surface area contributed by atoms with Crippen LogP contribution in [0.25, 0.3) is 16.5 Å². The zero-order chi connectivity index (χ0) is 16.0. The van der Waals surface area contributed by atoms with Gasteiger partial charge in [-0.25, -0.2) is 8.42 Å². The van der Waals surface area contributed by atoms with Crippen molar-refractivity contribution in [2.45, 2.75) is 25.3 Å². The average Bonchev–Trinajstić information content (AvgIpc) is 3.10. The van der Waals surface area contributed by atoms with Crippen LogP contribution in [0.4, 0.5) is 5.69 Å². The third kappa shape index (κ3) is 2.88. The van der Waals surface area contributed by atoms with Gasteiger partial charge in [0.2, 0.25) is 10.0 Å². The first-order valence-corrected chi connectivity index (χ1v) is 9.91. The largest absolute Gasteiger partial charge is 0.361 e. The fraction of sp³-hybridized carbons (Fsp3) is 0.412. The number of rotatable bonds is 3. The molecule has 1 aromatic heterocycles. The Balaban J connectivity index is 1.71. The minimum atomic E-state index is -3.26. The van der Waals surface area contributed by atoms with Gasteiger partial charge in [-0.05, 0) is 49.6 Å². The molecule has 0 bridgehead atoms. The van der Waals surface area contributed by atoms with Gasteiger partial charge in [0.1, 0.15) is 0 Å². The lowest BCUT2D eigenvalue weighted by atomic mass is 9.94. The van der Waals surface area contributed by atoms with E-state index in [0.29, 0.717) is 11.7 Å². The van der Waals surface area contributed by atoms with Crippen LogP contribution in [0.1, 0.15) is 24.8 Å². The molecule has 2 aliphatic heterocycles. The van der Waals surface area contributed by atoms with Crippen LogP contribution in [0.15, 0.2) is 30.5 Å². The summed E-state index contributed by atoms with van der Waals surface area (Å²) in [5.41, 5.74) is 4.22. The van der Waals surface area contributed by atoms with Crippen LogP contribution in [0.5, 0.6) is 0 Å². The number of aromatic amines is 1. The molecule has 0 amide bonds. The summed E-state index contributed by atoms with van der Waals surface area (Å²) in [5.74, 6) is 0. The van der Waals surface area contributed by atoms with Gasteiger partial charge in [-0.3, -0.25) is 9.62 Å². The van der Waals surface area contributed by atoms with E-state index >= 15 is 0 Å². The second-order valence-electron chi connectivity index (χ2n) is 6.56. The standard InChI is InChI=1S/C17H21N3O2S/c1-23(21,22)19-13-4-5-17-15(10-13)16(11-18-17)12-6-8-20-7-2-3-14(20)9-12/h4-6,10-11,14,18-19H,2-3,7-9H2,1H3. The van der Waals surface area contributed by atoms with Crippen molar-refractivity contribution in [1.82, 2.24) is 9.88 Å². The van der Waals surface area contributed by atoms with E-state index in [1.165, 1.54) is 36.8 Å². The molecule has 1 atom stereocenters. The molecule has 0 saturated carbocycles. The van der Waals surface area contributed by atoms with Crippen molar-refractivity contribution in [3.05, 3.63) is 36.0 Å². The zero-order valence-electron chi connectivity index (χ0n) is 13.2. The van der Waals surface area contributed by atoms with Gasteiger partial charge >= 0.3 is 0 Å². The summed E-state index contributed by atoms with van der Waals surface area (Å²) in [6.07, 6.45) is 9.19. The van der Waals surface area contributed by atoms with Gasteiger partial charge in [0.25, 0.3) is 0 Å². The maximum absolute atomic E-state index is 11.5. The molecule has 4 rings (SSSR count). The van der Waals surface area contributed by atoms with E-state index < -0.39 is 10.0 Å². The van der Waals surface area contributed by atoms with Crippen molar-refractivity contribution in [3.63, 3.8) is 0 Å². The number of benzene rings is 1. The SMILES string of the molecule is CS(=O)(=O)Nc1ccc2[nH]cc(C3=CCN4CCCC4C3)c2c1. The third-order valence-corrected chi connectivity index (χ3v) is 5.46.